The van der Waals surface area contributed by atoms with Crippen LogP contribution in [0.3, 0.4) is 0 Å². The Morgan fingerprint density at radius 1 is 1.67 bits per heavy atom. The highest BCUT2D eigenvalue weighted by Crippen LogP contribution is 1.94. The van der Waals surface area contributed by atoms with Gasteiger partial charge in [0.1, 0.15) is 0 Å². The lowest BCUT2D eigenvalue weighted by Gasteiger charge is -1.89. The topological polar surface area (TPSA) is 45.8 Å². The van der Waals surface area contributed by atoms with Crippen molar-refractivity contribution in [3.8, 4) is 0 Å². The summed E-state index contributed by atoms with van der Waals surface area (Å²) in [5, 5.41) is 0.635. The van der Waals surface area contributed by atoms with E-state index in [4.69, 9.17) is 0 Å². The Labute approximate surface area is 60.3 Å². The van der Waals surface area contributed by atoms with Crippen molar-refractivity contribution in [2.24, 2.45) is 0 Å². The summed E-state index contributed by atoms with van der Waals surface area (Å²) in [6.07, 6.45) is 2.85. The number of hydrogen-bond acceptors (Lipinski definition) is 2. The quantitative estimate of drug-likeness (QED) is 0.659. The number of hydrogen-bond donors (Lipinski definition) is 1. The molecule has 0 atom stereocenters. The highest BCUT2D eigenvalue weighted by Gasteiger charge is 1.87. The van der Waals surface area contributed by atoms with Crippen LogP contribution < -0.4 is 5.56 Å². The van der Waals surface area contributed by atoms with Crippen LogP contribution in [0.2, 0.25) is 0 Å². The average molecular weight is 189 g/mol. The molecule has 1 N–H and O–H groups in total. The Hall–Kier alpha value is -0.640. The molecule has 1 aromatic heterocycles. The van der Waals surface area contributed by atoms with Crippen molar-refractivity contribution in [3.63, 3.8) is 0 Å². The molecule has 0 aromatic carbocycles. The third-order valence-electron chi connectivity index (χ3n) is 0.850. The molecule has 0 saturated carbocycles. The van der Waals surface area contributed by atoms with Gasteiger partial charge in [-0.1, -0.05) is 15.9 Å². The lowest BCUT2D eigenvalue weighted by molar-refractivity contribution is 1.06. The fraction of sp³-hybridized carbons (Fsp3) is 0.200. The number of H-pyrrole nitrogens is 1. The van der Waals surface area contributed by atoms with Gasteiger partial charge in [0.05, 0.1) is 6.20 Å². The van der Waals surface area contributed by atoms with E-state index in [0.717, 1.165) is 5.69 Å². The first-order valence-electron chi connectivity index (χ1n) is 2.42. The largest absolute Gasteiger partial charge is 0.323 e. The van der Waals surface area contributed by atoms with Gasteiger partial charge in [-0.3, -0.25) is 9.78 Å². The Bertz CT molecular complexity index is 245. The molecular weight excluding hydrogens is 184 g/mol. The van der Waals surface area contributed by atoms with Crippen molar-refractivity contribution in [2.45, 2.75) is 5.33 Å². The summed E-state index contributed by atoms with van der Waals surface area (Å²) in [5.74, 6) is 0. The monoisotopic (exact) mass is 188 g/mol. The first kappa shape index (κ1) is 6.48. The zero-order valence-electron chi connectivity index (χ0n) is 4.60. The van der Waals surface area contributed by atoms with E-state index in [-0.39, 0.29) is 5.56 Å². The number of aromatic amines is 1. The second-order valence-corrected chi connectivity index (χ2v) is 2.12. The maximum Gasteiger partial charge on any atom is 0.266 e. The zero-order valence-corrected chi connectivity index (χ0v) is 6.18. The van der Waals surface area contributed by atoms with Crippen LogP contribution in [-0.2, 0) is 5.33 Å². The molecule has 48 valence electrons. The first-order chi connectivity index (χ1) is 4.33. The molecule has 1 heterocycles. The highest BCUT2D eigenvalue weighted by molar-refractivity contribution is 9.08. The van der Waals surface area contributed by atoms with Gasteiger partial charge in [-0.05, 0) is 0 Å². The smallest absolute Gasteiger partial charge is 0.266 e. The molecule has 0 radical (unpaired) electrons. The molecule has 4 heteroatoms. The van der Waals surface area contributed by atoms with Gasteiger partial charge in [-0.15, -0.1) is 0 Å². The van der Waals surface area contributed by atoms with Crippen LogP contribution in [0, 0.1) is 0 Å². The Balaban J connectivity index is 3.08. The van der Waals surface area contributed by atoms with Crippen molar-refractivity contribution in [1.29, 1.82) is 0 Å². The van der Waals surface area contributed by atoms with Gasteiger partial charge < -0.3 is 4.98 Å². The van der Waals surface area contributed by atoms with Crippen LogP contribution in [0.25, 0.3) is 0 Å². The number of nitrogens with one attached hydrogen (secondary N) is 1. The molecule has 0 bridgehead atoms. The Morgan fingerprint density at radius 3 is 2.89 bits per heavy atom. The van der Waals surface area contributed by atoms with Gasteiger partial charge in [0.15, 0.2) is 0 Å². The summed E-state index contributed by atoms with van der Waals surface area (Å²) in [7, 11) is 0. The molecule has 1 rings (SSSR count). The summed E-state index contributed by atoms with van der Waals surface area (Å²) in [5.41, 5.74) is 0.634. The highest BCUT2D eigenvalue weighted by atomic mass is 79.9. The third kappa shape index (κ3) is 1.64. The summed E-state index contributed by atoms with van der Waals surface area (Å²) >= 11 is 3.18. The molecule has 0 spiro atoms. The molecule has 9 heavy (non-hydrogen) atoms. The van der Waals surface area contributed by atoms with E-state index >= 15 is 0 Å². The van der Waals surface area contributed by atoms with E-state index in [0.29, 0.717) is 5.33 Å². The van der Waals surface area contributed by atoms with Gasteiger partial charge in [0.25, 0.3) is 5.56 Å². The number of aromatic nitrogens is 2. The fourth-order valence-electron chi connectivity index (χ4n) is 0.486. The van der Waals surface area contributed by atoms with Gasteiger partial charge >= 0.3 is 0 Å². The summed E-state index contributed by atoms with van der Waals surface area (Å²) < 4.78 is 0. The lowest BCUT2D eigenvalue weighted by atomic mass is 10.5. The Kier molecular flexibility index (Phi) is 2.00. The molecule has 0 unspecified atom stereocenters. The summed E-state index contributed by atoms with van der Waals surface area (Å²) in [6, 6.07) is 0. The zero-order chi connectivity index (χ0) is 6.69. The van der Waals surface area contributed by atoms with Crippen LogP contribution in [-0.4, -0.2) is 9.97 Å². The minimum atomic E-state index is -0.160. The number of halogens is 1. The molecule has 3 nitrogen and oxygen atoms in total. The normalized spacial score (nSPS) is 9.44. The third-order valence-corrected chi connectivity index (χ3v) is 1.45. The van der Waals surface area contributed by atoms with Crippen LogP contribution >= 0.6 is 15.9 Å². The molecular formula is C5H5BrN2O. The minimum Gasteiger partial charge on any atom is -0.323 e. The van der Waals surface area contributed by atoms with E-state index in [2.05, 4.69) is 25.9 Å². The van der Waals surface area contributed by atoms with Crippen LogP contribution in [0.15, 0.2) is 17.2 Å². The second kappa shape index (κ2) is 2.77. The van der Waals surface area contributed by atoms with Gasteiger partial charge in [-0.2, -0.15) is 0 Å². The van der Waals surface area contributed by atoms with Crippen molar-refractivity contribution in [2.75, 3.05) is 0 Å². The molecule has 0 aliphatic carbocycles. The van der Waals surface area contributed by atoms with Crippen molar-refractivity contribution in [3.05, 3.63) is 28.4 Å². The summed E-state index contributed by atoms with van der Waals surface area (Å²) in [6.45, 7) is 0. The fourth-order valence-corrected chi connectivity index (χ4v) is 0.771. The van der Waals surface area contributed by atoms with Crippen LogP contribution in [0.5, 0.6) is 0 Å². The molecule has 1 aromatic rings. The summed E-state index contributed by atoms with van der Waals surface area (Å²) in [4.78, 5) is 16.8. The predicted molar refractivity (Wildman–Crippen MR) is 37.5 cm³/mol. The van der Waals surface area contributed by atoms with E-state index in [1.807, 2.05) is 0 Å². The number of rotatable bonds is 1. The van der Waals surface area contributed by atoms with Crippen LogP contribution in [0.1, 0.15) is 5.69 Å². The maximum atomic E-state index is 10.5. The predicted octanol–water partition coefficient (Wildman–Crippen LogP) is 0.665. The maximum absolute atomic E-state index is 10.5. The van der Waals surface area contributed by atoms with E-state index in [1.54, 1.807) is 6.20 Å². The van der Waals surface area contributed by atoms with Gasteiger partial charge in [-0.25, -0.2) is 0 Å². The van der Waals surface area contributed by atoms with E-state index in [1.165, 1.54) is 6.20 Å². The number of nitrogens with zero attached hydrogens (tertiary/aromatic N) is 1. The molecule has 0 saturated heterocycles. The molecule has 0 aliphatic rings. The van der Waals surface area contributed by atoms with Crippen LogP contribution in [0.4, 0.5) is 0 Å². The molecule has 0 amide bonds. The second-order valence-electron chi connectivity index (χ2n) is 1.56. The van der Waals surface area contributed by atoms with Crippen molar-refractivity contribution in [1.82, 2.24) is 9.97 Å². The molecule has 0 fully saturated rings. The lowest BCUT2D eigenvalue weighted by Crippen LogP contribution is -2.06. The minimum absolute atomic E-state index is 0.160. The average Bonchev–Trinajstić information content (AvgIpc) is 1.88. The standard InChI is InChI=1S/C5H5BrN2O/c6-1-4-2-7-3-5(9)8-4/h2-3H,1H2,(H,8,9). The van der Waals surface area contributed by atoms with Gasteiger partial charge in [0, 0.05) is 17.2 Å². The SMILES string of the molecule is O=c1cncc(CBr)[nH]1. The number of alkyl halides is 1. The van der Waals surface area contributed by atoms with Gasteiger partial charge in [0.2, 0.25) is 0 Å². The Morgan fingerprint density at radius 2 is 2.44 bits per heavy atom. The van der Waals surface area contributed by atoms with E-state index in [9.17, 15) is 4.79 Å². The molecule has 0 aliphatic heterocycles. The van der Waals surface area contributed by atoms with Crippen molar-refractivity contribution < 1.29 is 0 Å². The van der Waals surface area contributed by atoms with E-state index < -0.39 is 0 Å². The first-order valence-corrected chi connectivity index (χ1v) is 3.54. The van der Waals surface area contributed by atoms with Crippen molar-refractivity contribution >= 4 is 15.9 Å².